The highest BCUT2D eigenvalue weighted by Crippen LogP contribution is 2.44. The highest BCUT2D eigenvalue weighted by atomic mass is 79.9. The van der Waals surface area contributed by atoms with Crippen molar-refractivity contribution in [3.8, 4) is 135 Å². The quantitative estimate of drug-likeness (QED) is 0.0992. The molecule has 5 heterocycles. The van der Waals surface area contributed by atoms with E-state index in [1.54, 1.807) is 0 Å². The summed E-state index contributed by atoms with van der Waals surface area (Å²) in [6.07, 6.45) is 0. The first-order valence-electron chi connectivity index (χ1n) is 40.4. The Morgan fingerprint density at radius 1 is 0.233 bits per heavy atom. The minimum Gasteiger partial charge on any atom is -0.399 e. The Kier molecular flexibility index (Phi) is 20.8. The number of halogens is 1. The first kappa shape index (κ1) is 75.6. The number of fused-ring (bicyclic) bond motifs is 6. The van der Waals surface area contributed by atoms with E-state index in [4.69, 9.17) is 39.2 Å². The lowest BCUT2D eigenvalue weighted by molar-refractivity contribution is 0.00578. The molecule has 0 bridgehead atoms. The zero-order valence-electron chi connectivity index (χ0n) is 66.6. The van der Waals surface area contributed by atoms with Crippen LogP contribution < -0.4 is 5.46 Å². The number of para-hydroxylation sites is 2. The van der Waals surface area contributed by atoms with Gasteiger partial charge in [-0.05, 0) is 180 Å². The van der Waals surface area contributed by atoms with E-state index >= 15 is 0 Å². The van der Waals surface area contributed by atoms with E-state index in [0.717, 1.165) is 88.0 Å². The van der Waals surface area contributed by atoms with E-state index in [9.17, 15) is 0 Å². The second kappa shape index (κ2) is 32.9. The average Bonchev–Trinajstić information content (AvgIpc) is 1.57. The molecular weight excluding hydrogens is 1530 g/mol. The molecule has 0 N–H and O–H groups in total. The Labute approximate surface area is 706 Å². The molecule has 0 amide bonds. The van der Waals surface area contributed by atoms with Crippen LogP contribution in [0.1, 0.15) is 27.7 Å². The maximum Gasteiger partial charge on any atom is 0.495 e. The Morgan fingerprint density at radius 3 is 0.908 bits per heavy atom. The topological polar surface area (TPSA) is 106 Å². The second-order valence-electron chi connectivity index (χ2n) is 30.9. The number of aromatic nitrogens is 8. The maximum absolute atomic E-state index is 6.51. The van der Waals surface area contributed by atoms with E-state index in [2.05, 4.69) is 320 Å². The molecular formula is C108H80BBrN8O2. The van der Waals surface area contributed by atoms with Crippen LogP contribution >= 0.6 is 15.9 Å². The van der Waals surface area contributed by atoms with Gasteiger partial charge in [0.2, 0.25) is 0 Å². The average molecular weight is 1610 g/mol. The summed E-state index contributed by atoms with van der Waals surface area (Å²) in [5, 5.41) is 4.83. The predicted molar refractivity (Wildman–Crippen MR) is 498 cm³/mol. The van der Waals surface area contributed by atoms with Crippen LogP contribution in [0.2, 0.25) is 0 Å². The third-order valence-corrected chi connectivity index (χ3v) is 23.2. The van der Waals surface area contributed by atoms with Gasteiger partial charge in [-0.2, -0.15) is 0 Å². The molecule has 0 spiro atoms. The molecule has 1 saturated heterocycles. The molecule has 120 heavy (non-hydrogen) atoms. The van der Waals surface area contributed by atoms with Gasteiger partial charge in [-0.3, -0.25) is 0 Å². The molecule has 0 aliphatic carbocycles. The molecule has 0 radical (unpaired) electrons. The lowest BCUT2D eigenvalue weighted by Crippen LogP contribution is -2.41. The van der Waals surface area contributed by atoms with Crippen LogP contribution in [0.15, 0.2) is 417 Å². The third kappa shape index (κ3) is 15.3. The number of nitrogens with zero attached hydrogens (tertiary/aromatic N) is 8. The molecule has 20 aromatic rings. The van der Waals surface area contributed by atoms with E-state index < -0.39 is 18.3 Å². The summed E-state index contributed by atoms with van der Waals surface area (Å²) in [5.74, 6) is 3.92. The van der Waals surface area contributed by atoms with E-state index in [-0.39, 0.29) is 0 Å². The molecule has 0 atom stereocenters. The highest BCUT2D eigenvalue weighted by molar-refractivity contribution is 9.10. The minimum atomic E-state index is -0.427. The van der Waals surface area contributed by atoms with Crippen LogP contribution in [0.3, 0.4) is 0 Å². The van der Waals surface area contributed by atoms with Crippen molar-refractivity contribution in [2.75, 3.05) is 0 Å². The van der Waals surface area contributed by atoms with Crippen LogP contribution in [0, 0.1) is 0 Å². The standard InChI is InChI=1S/C51H34N4.C30H28BNO2.C27H18BrN3/c1-5-16-35(17-6-1)40-30-31-46-45(34-40)48-44(28-15-29-47(48)55(46)43-26-11-4-12-27-43)41-24-13-22-38(32-41)39-23-14-25-42(33-39)51-53-49(36-18-7-2-8-19-36)52-50(54-51)37-20-9-3-10-21-37;1-29(2)30(3,4)34-31(33-29)25-16-11-17-27-28(25)24-20-22(21-12-7-5-8-13-21)18-19-26(24)32(27)23-14-9-6-10-15-23;28-24-16-8-14-22(18-24)21-13-7-15-23(17-21)27-30-25(19-9-3-1-4-10-19)29-26(31-27)20-11-5-2-6-12-20/h1-34H;5-20H,1-4H3;1-18H. The molecule has 4 aromatic heterocycles. The van der Waals surface area contributed by atoms with Gasteiger partial charge >= 0.3 is 7.12 Å². The molecule has 1 fully saturated rings. The molecule has 0 unspecified atom stereocenters. The molecule has 0 saturated carbocycles. The zero-order valence-corrected chi connectivity index (χ0v) is 68.2. The van der Waals surface area contributed by atoms with Crippen LogP contribution in [0.5, 0.6) is 0 Å². The summed E-state index contributed by atoms with van der Waals surface area (Å²) < 4.78 is 18.8. The first-order chi connectivity index (χ1) is 58.9. The summed E-state index contributed by atoms with van der Waals surface area (Å²) in [5.41, 5.74) is 24.6. The molecule has 574 valence electrons. The van der Waals surface area contributed by atoms with Crippen molar-refractivity contribution in [3.63, 3.8) is 0 Å². The predicted octanol–water partition coefficient (Wildman–Crippen LogP) is 27.0. The molecule has 16 aromatic carbocycles. The fraction of sp³-hybridized carbons (Fsp3) is 0.0556. The Hall–Kier alpha value is -14.4. The number of hydrogen-bond acceptors (Lipinski definition) is 8. The van der Waals surface area contributed by atoms with Gasteiger partial charge in [0.1, 0.15) is 0 Å². The van der Waals surface area contributed by atoms with E-state index in [0.29, 0.717) is 34.9 Å². The van der Waals surface area contributed by atoms with Crippen molar-refractivity contribution >= 4 is 72.1 Å². The molecule has 1 aliphatic rings. The lowest BCUT2D eigenvalue weighted by Gasteiger charge is -2.32. The largest absolute Gasteiger partial charge is 0.495 e. The van der Waals surface area contributed by atoms with Gasteiger partial charge < -0.3 is 18.4 Å². The van der Waals surface area contributed by atoms with Crippen LogP contribution in [-0.4, -0.2) is 57.4 Å². The fourth-order valence-electron chi connectivity index (χ4n) is 16.0. The van der Waals surface area contributed by atoms with Crippen molar-refractivity contribution in [2.24, 2.45) is 0 Å². The summed E-state index contributed by atoms with van der Waals surface area (Å²) in [4.78, 5) is 29.3. The number of hydrogen-bond donors (Lipinski definition) is 0. The van der Waals surface area contributed by atoms with Gasteiger partial charge in [0.05, 0.1) is 33.3 Å². The molecule has 12 heteroatoms. The zero-order chi connectivity index (χ0) is 81.1. The van der Waals surface area contributed by atoms with Crippen LogP contribution in [0.25, 0.3) is 179 Å². The van der Waals surface area contributed by atoms with Crippen molar-refractivity contribution in [3.05, 3.63) is 417 Å². The monoisotopic (exact) mass is 1610 g/mol. The van der Waals surface area contributed by atoms with Crippen molar-refractivity contribution in [2.45, 2.75) is 38.9 Å². The fourth-order valence-corrected chi connectivity index (χ4v) is 16.4. The minimum absolute atomic E-state index is 0.396. The van der Waals surface area contributed by atoms with E-state index in [1.807, 2.05) is 146 Å². The Morgan fingerprint density at radius 2 is 0.517 bits per heavy atom. The van der Waals surface area contributed by atoms with Crippen molar-refractivity contribution in [1.29, 1.82) is 0 Å². The first-order valence-corrected chi connectivity index (χ1v) is 41.2. The maximum atomic E-state index is 6.51. The van der Waals surface area contributed by atoms with Crippen LogP contribution in [-0.2, 0) is 9.31 Å². The number of benzene rings is 16. The normalized spacial score (nSPS) is 12.8. The Bertz CT molecular complexity index is 6970. The van der Waals surface area contributed by atoms with Gasteiger partial charge in [0.25, 0.3) is 0 Å². The SMILES string of the molecule is Brc1cccc(-c2cccc(-c3nc(-c4ccccc4)nc(-c4ccccc4)n3)c2)c1.CC1(C)OB(c2cccc3c2c2cc(-c4ccccc4)ccc2n3-c2ccccc2)OC1(C)C.c1ccc(-c2ccc3c(c2)c2c(-c4cccc(-c5cccc(-c6nc(-c7ccccc7)nc(-c7ccccc7)n6)c5)c4)cccc2n3-c2ccccc2)cc1. The van der Waals surface area contributed by atoms with Gasteiger partial charge in [-0.15, -0.1) is 0 Å². The molecule has 21 rings (SSSR count). The molecule has 1 aliphatic heterocycles. The van der Waals surface area contributed by atoms with E-state index in [1.165, 1.54) is 65.9 Å². The summed E-state index contributed by atoms with van der Waals surface area (Å²) in [6, 6.07) is 143. The third-order valence-electron chi connectivity index (χ3n) is 22.7. The van der Waals surface area contributed by atoms with Gasteiger partial charge in [-0.25, -0.2) is 29.9 Å². The Balaban J connectivity index is 0.000000126. The van der Waals surface area contributed by atoms with Crippen LogP contribution in [0.4, 0.5) is 0 Å². The lowest BCUT2D eigenvalue weighted by atomic mass is 9.76. The second-order valence-corrected chi connectivity index (χ2v) is 31.8. The molecule has 10 nitrogen and oxygen atoms in total. The van der Waals surface area contributed by atoms with Crippen molar-refractivity contribution < 1.29 is 9.31 Å². The number of rotatable bonds is 14. The van der Waals surface area contributed by atoms with Gasteiger partial charge in [0.15, 0.2) is 34.9 Å². The van der Waals surface area contributed by atoms with Gasteiger partial charge in [-0.1, -0.05) is 337 Å². The smallest absolute Gasteiger partial charge is 0.399 e. The summed E-state index contributed by atoms with van der Waals surface area (Å²) in [7, 11) is -0.427. The summed E-state index contributed by atoms with van der Waals surface area (Å²) >= 11 is 3.56. The van der Waals surface area contributed by atoms with Gasteiger partial charge in [0, 0.05) is 70.8 Å². The summed E-state index contributed by atoms with van der Waals surface area (Å²) in [6.45, 7) is 8.42. The van der Waals surface area contributed by atoms with Crippen molar-refractivity contribution in [1.82, 2.24) is 39.0 Å². The highest BCUT2D eigenvalue weighted by Gasteiger charge is 2.52.